The summed E-state index contributed by atoms with van der Waals surface area (Å²) in [7, 11) is 0. The van der Waals surface area contributed by atoms with Gasteiger partial charge in [0.15, 0.2) is 5.82 Å². The molecule has 0 bridgehead atoms. The molecule has 0 unspecified atom stereocenters. The minimum atomic E-state index is 0.603. The highest BCUT2D eigenvalue weighted by molar-refractivity contribution is 6.29. The molecule has 0 saturated heterocycles. The molecule has 0 aliphatic heterocycles. The van der Waals surface area contributed by atoms with Crippen molar-refractivity contribution >= 4 is 76.2 Å². The van der Waals surface area contributed by atoms with E-state index < -0.39 is 0 Å². The maximum absolute atomic E-state index is 5.38. The number of para-hydroxylation sites is 3. The van der Waals surface area contributed by atoms with Crippen molar-refractivity contribution in [2.45, 2.75) is 0 Å². The van der Waals surface area contributed by atoms with E-state index in [4.69, 9.17) is 19.9 Å². The average molecular weight is 639 g/mol. The minimum absolute atomic E-state index is 0.603. The zero-order valence-electron chi connectivity index (χ0n) is 26.7. The van der Waals surface area contributed by atoms with Crippen molar-refractivity contribution in [1.29, 1.82) is 0 Å². The molecule has 0 amide bonds. The lowest BCUT2D eigenvalue weighted by atomic mass is 10.0. The molecule has 0 saturated carbocycles. The van der Waals surface area contributed by atoms with E-state index in [2.05, 4.69) is 124 Å². The molecular weight excluding hydrogens is 613 g/mol. The summed E-state index contributed by atoms with van der Waals surface area (Å²) in [6.45, 7) is 0. The van der Waals surface area contributed by atoms with E-state index in [1.165, 1.54) is 21.7 Å². The van der Waals surface area contributed by atoms with Gasteiger partial charge in [0, 0.05) is 56.0 Å². The van der Waals surface area contributed by atoms with Gasteiger partial charge in [-0.25, -0.2) is 19.9 Å². The van der Waals surface area contributed by atoms with Gasteiger partial charge in [0.05, 0.1) is 22.1 Å². The van der Waals surface area contributed by atoms with Crippen LogP contribution < -0.4 is 0 Å². The van der Waals surface area contributed by atoms with Crippen LogP contribution in [0, 0.1) is 0 Å². The average Bonchev–Trinajstić information content (AvgIpc) is 3.71. The molecule has 50 heavy (non-hydrogen) atoms. The van der Waals surface area contributed by atoms with Crippen LogP contribution in [-0.4, -0.2) is 29.1 Å². The minimum Gasteiger partial charge on any atom is -0.309 e. The Hall–Kier alpha value is -6.92. The predicted molar refractivity (Wildman–Crippen MR) is 204 cm³/mol. The number of aromatic nitrogens is 6. The molecule has 6 heteroatoms. The molecule has 4 aromatic heterocycles. The van der Waals surface area contributed by atoms with Gasteiger partial charge in [-0.3, -0.25) is 4.57 Å². The summed E-state index contributed by atoms with van der Waals surface area (Å²) in [4.78, 5) is 20.4. The largest absolute Gasteiger partial charge is 0.309 e. The predicted octanol–water partition coefficient (Wildman–Crippen LogP) is 10.6. The van der Waals surface area contributed by atoms with E-state index in [0.29, 0.717) is 11.8 Å². The van der Waals surface area contributed by atoms with Crippen LogP contribution >= 0.6 is 0 Å². The van der Waals surface area contributed by atoms with E-state index in [9.17, 15) is 0 Å². The van der Waals surface area contributed by atoms with Gasteiger partial charge in [-0.15, -0.1) is 0 Å². The van der Waals surface area contributed by atoms with Crippen molar-refractivity contribution in [3.63, 3.8) is 0 Å². The zero-order valence-corrected chi connectivity index (χ0v) is 26.7. The van der Waals surface area contributed by atoms with E-state index in [1.54, 1.807) is 0 Å². The maximum atomic E-state index is 5.38. The number of hydrogen-bond donors (Lipinski definition) is 0. The number of rotatable bonds is 3. The third-order valence-corrected chi connectivity index (χ3v) is 10.0. The Morgan fingerprint density at radius 2 is 0.860 bits per heavy atom. The summed E-state index contributed by atoms with van der Waals surface area (Å²) in [5.74, 6) is 1.27. The molecule has 232 valence electrons. The van der Waals surface area contributed by atoms with Crippen molar-refractivity contribution < 1.29 is 0 Å². The van der Waals surface area contributed by atoms with Crippen LogP contribution in [-0.2, 0) is 0 Å². The standard InChI is InChI=1S/C44H26N6/c1-3-13-27(14-4-1)43-45-25-33-29-17-7-8-18-30(29)34-26-46-44(48-42(34)41(33)47-43)50-36-22-12-10-20-32(36)40-38(50)24-23-37-39(40)31-19-9-11-21-35(31)49(37)28-15-5-2-6-16-28/h1-26H. The highest BCUT2D eigenvalue weighted by Crippen LogP contribution is 2.42. The molecule has 0 spiro atoms. The number of fused-ring (bicyclic) bond motifs is 13. The van der Waals surface area contributed by atoms with Crippen LogP contribution in [0.5, 0.6) is 0 Å². The molecule has 0 fully saturated rings. The first kappa shape index (κ1) is 27.1. The first-order valence-electron chi connectivity index (χ1n) is 16.7. The quantitative estimate of drug-likeness (QED) is 0.181. The maximum Gasteiger partial charge on any atom is 0.235 e. The van der Waals surface area contributed by atoms with Crippen molar-refractivity contribution in [1.82, 2.24) is 29.1 Å². The Balaban J connectivity index is 1.25. The lowest BCUT2D eigenvalue weighted by Crippen LogP contribution is -2.02. The van der Waals surface area contributed by atoms with Gasteiger partial charge in [0.25, 0.3) is 0 Å². The Morgan fingerprint density at radius 1 is 0.360 bits per heavy atom. The van der Waals surface area contributed by atoms with Gasteiger partial charge in [0.1, 0.15) is 11.0 Å². The smallest absolute Gasteiger partial charge is 0.235 e. The van der Waals surface area contributed by atoms with E-state index in [-0.39, 0.29) is 0 Å². The lowest BCUT2D eigenvalue weighted by Gasteiger charge is -2.12. The van der Waals surface area contributed by atoms with Gasteiger partial charge in [-0.2, -0.15) is 0 Å². The van der Waals surface area contributed by atoms with Crippen LogP contribution in [0.1, 0.15) is 0 Å². The molecule has 4 heterocycles. The van der Waals surface area contributed by atoms with Gasteiger partial charge < -0.3 is 4.57 Å². The Labute approximate surface area is 285 Å². The van der Waals surface area contributed by atoms with Crippen LogP contribution in [0.4, 0.5) is 0 Å². The molecule has 0 radical (unpaired) electrons. The summed E-state index contributed by atoms with van der Waals surface area (Å²) in [5, 5.41) is 8.86. The fourth-order valence-corrected chi connectivity index (χ4v) is 7.89. The molecule has 0 atom stereocenters. The second-order valence-corrected chi connectivity index (χ2v) is 12.7. The number of benzene rings is 7. The molecule has 11 rings (SSSR count). The zero-order chi connectivity index (χ0) is 32.8. The topological polar surface area (TPSA) is 61.4 Å². The molecule has 6 nitrogen and oxygen atoms in total. The Bertz CT molecular complexity index is 3140. The molecule has 7 aromatic carbocycles. The van der Waals surface area contributed by atoms with Crippen LogP contribution in [0.25, 0.3) is 99.2 Å². The summed E-state index contributed by atoms with van der Waals surface area (Å²) in [5.41, 5.74) is 8.15. The first-order valence-corrected chi connectivity index (χ1v) is 16.7. The van der Waals surface area contributed by atoms with Crippen LogP contribution in [0.3, 0.4) is 0 Å². The van der Waals surface area contributed by atoms with Crippen LogP contribution in [0.2, 0.25) is 0 Å². The second-order valence-electron chi connectivity index (χ2n) is 12.7. The summed E-state index contributed by atoms with van der Waals surface area (Å²) >= 11 is 0. The second kappa shape index (κ2) is 10.3. The summed E-state index contributed by atoms with van der Waals surface area (Å²) < 4.78 is 4.57. The fourth-order valence-electron chi connectivity index (χ4n) is 7.89. The molecule has 0 N–H and O–H groups in total. The van der Waals surface area contributed by atoms with Crippen molar-refractivity contribution in [3.8, 4) is 23.0 Å². The van der Waals surface area contributed by atoms with Crippen molar-refractivity contribution in [3.05, 3.63) is 158 Å². The monoisotopic (exact) mass is 638 g/mol. The van der Waals surface area contributed by atoms with E-state index >= 15 is 0 Å². The Morgan fingerprint density at radius 3 is 1.52 bits per heavy atom. The molecular formula is C44H26N6. The third kappa shape index (κ3) is 3.73. The highest BCUT2D eigenvalue weighted by Gasteiger charge is 2.22. The van der Waals surface area contributed by atoms with Gasteiger partial charge >= 0.3 is 0 Å². The number of nitrogens with zero attached hydrogens (tertiary/aromatic N) is 6. The summed E-state index contributed by atoms with van der Waals surface area (Å²) in [6.07, 6.45) is 3.90. The number of hydrogen-bond acceptors (Lipinski definition) is 4. The first-order chi connectivity index (χ1) is 24.8. The summed E-state index contributed by atoms with van der Waals surface area (Å²) in [6, 6.07) is 50.8. The van der Waals surface area contributed by atoms with E-state index in [1.807, 2.05) is 42.7 Å². The molecule has 11 aromatic rings. The van der Waals surface area contributed by atoms with Gasteiger partial charge in [0.2, 0.25) is 5.95 Å². The SMILES string of the molecule is c1ccc(-c2ncc3c4ccccc4c4cnc(-n5c6ccccc6c6c7c8ccccc8n(-c8ccccc8)c7ccc65)nc4c3n2)cc1. The lowest BCUT2D eigenvalue weighted by molar-refractivity contribution is 1.01. The highest BCUT2D eigenvalue weighted by atomic mass is 15.2. The molecule has 0 aliphatic carbocycles. The van der Waals surface area contributed by atoms with Crippen LogP contribution in [0.15, 0.2) is 158 Å². The van der Waals surface area contributed by atoms with E-state index in [0.717, 1.165) is 65.8 Å². The van der Waals surface area contributed by atoms with Gasteiger partial charge in [-0.1, -0.05) is 109 Å². The van der Waals surface area contributed by atoms with Crippen molar-refractivity contribution in [2.75, 3.05) is 0 Å². The fraction of sp³-hybridized carbons (Fsp3) is 0. The van der Waals surface area contributed by atoms with Gasteiger partial charge in [-0.05, 0) is 47.2 Å². The van der Waals surface area contributed by atoms with Crippen molar-refractivity contribution in [2.24, 2.45) is 0 Å². The Kier molecular flexibility index (Phi) is 5.57. The normalized spacial score (nSPS) is 12.0. The third-order valence-electron chi connectivity index (χ3n) is 10.0. The molecule has 0 aliphatic rings.